The van der Waals surface area contributed by atoms with Crippen LogP contribution in [0.3, 0.4) is 0 Å². The molecule has 34 heavy (non-hydrogen) atoms. The first-order valence-electron chi connectivity index (χ1n) is 11.1. The standard InChI is InChI=1S/C26H25N3O5/c1-25(2)18-9-14(32-11-15-12-33-26(3,4)34-15)6-8-16(18)22(30)20-17-7-5-13(10-27)19(24(28)31)21(17)29-23(20)25/h5-9,15,29H,11-12H2,1-4H3,(H2,28,31)/t15-/m0/s1. The van der Waals surface area contributed by atoms with Crippen LogP contribution in [0.15, 0.2) is 30.3 Å². The minimum absolute atomic E-state index is 0.0905. The van der Waals surface area contributed by atoms with E-state index in [2.05, 4.69) is 4.98 Å². The number of carbonyl (C=O) groups excluding carboxylic acids is 2. The number of nitrogens with two attached hydrogens (primary N) is 1. The van der Waals surface area contributed by atoms with Crippen LogP contribution in [0.4, 0.5) is 0 Å². The zero-order chi connectivity index (χ0) is 24.4. The highest BCUT2D eigenvalue weighted by atomic mass is 16.7. The summed E-state index contributed by atoms with van der Waals surface area (Å²) in [7, 11) is 0. The summed E-state index contributed by atoms with van der Waals surface area (Å²) in [6.45, 7) is 8.51. The third-order valence-corrected chi connectivity index (χ3v) is 6.61. The smallest absolute Gasteiger partial charge is 0.252 e. The number of nitriles is 1. The van der Waals surface area contributed by atoms with Crippen LogP contribution in [0.1, 0.15) is 70.8 Å². The van der Waals surface area contributed by atoms with Gasteiger partial charge in [-0.2, -0.15) is 5.26 Å². The van der Waals surface area contributed by atoms with Gasteiger partial charge in [0.25, 0.3) is 5.91 Å². The number of hydrogen-bond donors (Lipinski definition) is 2. The molecule has 8 nitrogen and oxygen atoms in total. The van der Waals surface area contributed by atoms with Crippen LogP contribution < -0.4 is 10.5 Å². The van der Waals surface area contributed by atoms with Gasteiger partial charge in [-0.25, -0.2) is 0 Å². The number of ketones is 1. The highest BCUT2D eigenvalue weighted by Crippen LogP contribution is 2.45. The van der Waals surface area contributed by atoms with E-state index >= 15 is 0 Å². The molecule has 2 aromatic carbocycles. The van der Waals surface area contributed by atoms with Crippen molar-refractivity contribution in [1.29, 1.82) is 5.26 Å². The topological polar surface area (TPSA) is 127 Å². The fraction of sp³-hybridized carbons (Fsp3) is 0.346. The van der Waals surface area contributed by atoms with E-state index in [0.29, 0.717) is 46.7 Å². The van der Waals surface area contributed by atoms with Crippen LogP contribution in [-0.4, -0.2) is 41.8 Å². The molecule has 1 aliphatic heterocycles. The molecule has 1 amide bonds. The summed E-state index contributed by atoms with van der Waals surface area (Å²) in [6.07, 6.45) is -0.178. The highest BCUT2D eigenvalue weighted by Gasteiger charge is 2.41. The van der Waals surface area contributed by atoms with Gasteiger partial charge >= 0.3 is 0 Å². The second kappa shape index (κ2) is 7.42. The van der Waals surface area contributed by atoms with Crippen LogP contribution in [0.2, 0.25) is 0 Å². The van der Waals surface area contributed by atoms with Crippen molar-refractivity contribution in [2.45, 2.75) is 45.0 Å². The van der Waals surface area contributed by atoms with Gasteiger partial charge in [-0.3, -0.25) is 9.59 Å². The Morgan fingerprint density at radius 1 is 1.26 bits per heavy atom. The van der Waals surface area contributed by atoms with Gasteiger partial charge < -0.3 is 24.9 Å². The first-order chi connectivity index (χ1) is 16.0. The number of nitrogens with zero attached hydrogens (tertiary/aromatic N) is 1. The maximum atomic E-state index is 13.6. The lowest BCUT2D eigenvalue weighted by atomic mass is 9.71. The number of aromatic nitrogens is 1. The monoisotopic (exact) mass is 459 g/mol. The second-order valence-corrected chi connectivity index (χ2v) is 9.68. The van der Waals surface area contributed by atoms with Crippen LogP contribution in [0, 0.1) is 11.3 Å². The SMILES string of the molecule is CC1(C)OC[C@H](COc2ccc3c(c2)C(C)(C)c2[nH]c4c(C(N)=O)c(C#N)ccc4c2C3=O)O1. The average Bonchev–Trinajstić information content (AvgIpc) is 3.35. The molecular weight excluding hydrogens is 434 g/mol. The molecule has 1 fully saturated rings. The van der Waals surface area contributed by atoms with Gasteiger partial charge in [0.2, 0.25) is 0 Å². The Labute approximate surface area is 196 Å². The average molecular weight is 460 g/mol. The number of primary amides is 1. The number of amides is 1. The van der Waals surface area contributed by atoms with Crippen molar-refractivity contribution in [3.05, 3.63) is 63.8 Å². The molecule has 1 saturated heterocycles. The molecule has 3 aromatic rings. The number of ether oxygens (including phenoxy) is 3. The van der Waals surface area contributed by atoms with Crippen molar-refractivity contribution in [2.24, 2.45) is 5.73 Å². The predicted octanol–water partition coefficient (Wildman–Crippen LogP) is 3.54. The number of nitrogens with one attached hydrogen (secondary N) is 1. The summed E-state index contributed by atoms with van der Waals surface area (Å²) in [5, 5.41) is 10.0. The van der Waals surface area contributed by atoms with Gasteiger partial charge in [-0.05, 0) is 43.7 Å². The minimum Gasteiger partial charge on any atom is -0.491 e. The lowest BCUT2D eigenvalue weighted by Gasteiger charge is -2.32. The molecule has 8 heteroatoms. The number of H-pyrrole nitrogens is 1. The Bertz CT molecular complexity index is 1410. The summed E-state index contributed by atoms with van der Waals surface area (Å²) in [5.74, 6) is -0.881. The van der Waals surface area contributed by atoms with Gasteiger partial charge in [0, 0.05) is 22.1 Å². The van der Waals surface area contributed by atoms with E-state index in [9.17, 15) is 14.9 Å². The van der Waals surface area contributed by atoms with E-state index < -0.39 is 17.1 Å². The molecule has 0 unspecified atom stereocenters. The fourth-order valence-electron chi connectivity index (χ4n) is 4.95. The zero-order valence-corrected chi connectivity index (χ0v) is 19.4. The number of rotatable bonds is 4. The van der Waals surface area contributed by atoms with Crippen molar-refractivity contribution in [1.82, 2.24) is 4.98 Å². The highest BCUT2D eigenvalue weighted by molar-refractivity contribution is 6.22. The predicted molar refractivity (Wildman–Crippen MR) is 124 cm³/mol. The number of benzene rings is 2. The molecule has 0 saturated carbocycles. The normalized spacial score (nSPS) is 20.0. The molecule has 0 radical (unpaired) electrons. The summed E-state index contributed by atoms with van der Waals surface area (Å²) in [6, 6.07) is 10.6. The van der Waals surface area contributed by atoms with Crippen molar-refractivity contribution in [2.75, 3.05) is 13.2 Å². The quantitative estimate of drug-likeness (QED) is 0.614. The first kappa shape index (κ1) is 22.1. The minimum atomic E-state index is -0.722. The second-order valence-electron chi connectivity index (χ2n) is 9.68. The largest absolute Gasteiger partial charge is 0.491 e. The summed E-state index contributed by atoms with van der Waals surface area (Å²) in [4.78, 5) is 29.0. The molecule has 1 aliphatic carbocycles. The maximum absolute atomic E-state index is 13.6. The Morgan fingerprint density at radius 3 is 2.68 bits per heavy atom. The molecule has 0 bridgehead atoms. The Balaban J connectivity index is 1.56. The van der Waals surface area contributed by atoms with E-state index in [1.807, 2.05) is 39.8 Å². The third-order valence-electron chi connectivity index (χ3n) is 6.61. The number of aromatic amines is 1. The molecule has 0 spiro atoms. The molecule has 2 heterocycles. The Hall–Kier alpha value is -3.67. The zero-order valence-electron chi connectivity index (χ0n) is 19.4. The van der Waals surface area contributed by atoms with Crippen LogP contribution in [0.5, 0.6) is 5.75 Å². The Morgan fingerprint density at radius 2 is 2.03 bits per heavy atom. The molecule has 3 N–H and O–H groups in total. The number of hydrogen-bond acceptors (Lipinski definition) is 6. The van der Waals surface area contributed by atoms with E-state index in [1.165, 1.54) is 6.07 Å². The van der Waals surface area contributed by atoms with Gasteiger partial charge in [0.05, 0.1) is 28.8 Å². The first-order valence-corrected chi connectivity index (χ1v) is 11.1. The fourth-order valence-corrected chi connectivity index (χ4v) is 4.95. The van der Waals surface area contributed by atoms with Crippen LogP contribution in [0.25, 0.3) is 10.9 Å². The molecule has 1 aromatic heterocycles. The van der Waals surface area contributed by atoms with Crippen molar-refractivity contribution in [3.63, 3.8) is 0 Å². The maximum Gasteiger partial charge on any atom is 0.252 e. The molecule has 2 aliphatic rings. The molecule has 5 rings (SSSR count). The lowest BCUT2D eigenvalue weighted by Crippen LogP contribution is -2.30. The van der Waals surface area contributed by atoms with E-state index in [1.54, 1.807) is 18.2 Å². The van der Waals surface area contributed by atoms with Gasteiger partial charge in [0.1, 0.15) is 24.5 Å². The Kier molecular flexibility index (Phi) is 4.83. The summed E-state index contributed by atoms with van der Waals surface area (Å²) in [5.41, 5.74) is 8.18. The van der Waals surface area contributed by atoms with Crippen molar-refractivity contribution < 1.29 is 23.8 Å². The van der Waals surface area contributed by atoms with Crippen molar-refractivity contribution >= 4 is 22.6 Å². The van der Waals surface area contributed by atoms with Crippen molar-refractivity contribution in [3.8, 4) is 11.8 Å². The lowest BCUT2D eigenvalue weighted by molar-refractivity contribution is -0.141. The van der Waals surface area contributed by atoms with E-state index in [0.717, 1.165) is 5.56 Å². The number of carbonyl (C=O) groups is 2. The summed E-state index contributed by atoms with van der Waals surface area (Å²) >= 11 is 0. The van der Waals surface area contributed by atoms with Gasteiger partial charge in [-0.15, -0.1) is 0 Å². The van der Waals surface area contributed by atoms with E-state index in [4.69, 9.17) is 19.9 Å². The van der Waals surface area contributed by atoms with Crippen LogP contribution in [-0.2, 0) is 14.9 Å². The summed E-state index contributed by atoms with van der Waals surface area (Å²) < 4.78 is 17.4. The molecule has 1 atom stereocenters. The van der Waals surface area contributed by atoms with Gasteiger partial charge in [0.15, 0.2) is 11.6 Å². The number of fused-ring (bicyclic) bond motifs is 4. The van der Waals surface area contributed by atoms with Crippen LogP contribution >= 0.6 is 0 Å². The molecule has 174 valence electrons. The third kappa shape index (κ3) is 3.28. The van der Waals surface area contributed by atoms with E-state index in [-0.39, 0.29) is 23.0 Å². The molecular formula is C26H25N3O5. The van der Waals surface area contributed by atoms with Gasteiger partial charge in [-0.1, -0.05) is 19.9 Å².